The molecule has 3 N–H and O–H groups in total. The quantitative estimate of drug-likeness (QED) is 0.503. The zero-order valence-corrected chi connectivity index (χ0v) is 18.7. The molecule has 0 aliphatic carbocycles. The second-order valence-corrected chi connectivity index (χ2v) is 7.08. The Bertz CT molecular complexity index is 1240. The van der Waals surface area contributed by atoms with Crippen LogP contribution >= 0.6 is 0 Å². The topological polar surface area (TPSA) is 129 Å². The molecular weight excluding hydrogens is 428 g/mol. The van der Waals surface area contributed by atoms with Crippen molar-refractivity contribution in [3.8, 4) is 11.5 Å². The standard InChI is InChI=1S/C23H26N4O6/c1-31-12-11-26-20(24)19(21(28)25-23(26)30)27(14-15-7-5-4-6-8-15)22(29)17-13-16(32-2)9-10-18(17)33-3/h4-10,13H,11-12,14,24H2,1-3H3,(H,25,28,30). The van der Waals surface area contributed by atoms with E-state index in [0.29, 0.717) is 11.5 Å². The van der Waals surface area contributed by atoms with Gasteiger partial charge in [-0.3, -0.25) is 24.0 Å². The number of rotatable bonds is 9. The lowest BCUT2D eigenvalue weighted by molar-refractivity contribution is 0.0981. The molecule has 0 saturated carbocycles. The molecule has 0 unspecified atom stereocenters. The summed E-state index contributed by atoms with van der Waals surface area (Å²) in [5.74, 6) is 0.0306. The van der Waals surface area contributed by atoms with Gasteiger partial charge in [0.05, 0.1) is 39.5 Å². The number of aromatic nitrogens is 2. The molecule has 10 heteroatoms. The van der Waals surface area contributed by atoms with Crippen LogP contribution < -0.4 is 31.4 Å². The van der Waals surface area contributed by atoms with Gasteiger partial charge >= 0.3 is 5.69 Å². The highest BCUT2D eigenvalue weighted by atomic mass is 16.5. The molecule has 0 aliphatic heterocycles. The van der Waals surface area contributed by atoms with E-state index >= 15 is 0 Å². The molecule has 1 amide bonds. The van der Waals surface area contributed by atoms with Crippen molar-refractivity contribution in [3.05, 3.63) is 80.5 Å². The average Bonchev–Trinajstić information content (AvgIpc) is 2.82. The van der Waals surface area contributed by atoms with Gasteiger partial charge < -0.3 is 19.9 Å². The van der Waals surface area contributed by atoms with Gasteiger partial charge in [-0.05, 0) is 23.8 Å². The van der Waals surface area contributed by atoms with Gasteiger partial charge in [-0.2, -0.15) is 0 Å². The number of anilines is 2. The lowest BCUT2D eigenvalue weighted by atomic mass is 10.1. The molecule has 0 aliphatic rings. The molecule has 33 heavy (non-hydrogen) atoms. The van der Waals surface area contributed by atoms with Crippen molar-refractivity contribution in [2.75, 3.05) is 38.6 Å². The van der Waals surface area contributed by atoms with Gasteiger partial charge in [-0.1, -0.05) is 30.3 Å². The zero-order chi connectivity index (χ0) is 24.0. The number of nitrogens with one attached hydrogen (secondary N) is 1. The number of amides is 1. The summed E-state index contributed by atoms with van der Waals surface area (Å²) >= 11 is 0. The van der Waals surface area contributed by atoms with Crippen molar-refractivity contribution in [1.29, 1.82) is 0 Å². The molecule has 3 rings (SSSR count). The molecule has 0 bridgehead atoms. The van der Waals surface area contributed by atoms with E-state index in [1.54, 1.807) is 12.1 Å². The van der Waals surface area contributed by atoms with Gasteiger partial charge in [0.1, 0.15) is 17.3 Å². The fourth-order valence-corrected chi connectivity index (χ4v) is 3.39. The third-order valence-electron chi connectivity index (χ3n) is 5.07. The van der Waals surface area contributed by atoms with E-state index in [2.05, 4.69) is 4.98 Å². The van der Waals surface area contributed by atoms with E-state index in [1.807, 2.05) is 30.3 Å². The van der Waals surface area contributed by atoms with Gasteiger partial charge in [0.15, 0.2) is 5.69 Å². The normalized spacial score (nSPS) is 10.6. The zero-order valence-electron chi connectivity index (χ0n) is 18.7. The second kappa shape index (κ2) is 10.5. The van der Waals surface area contributed by atoms with E-state index in [1.165, 1.54) is 32.3 Å². The summed E-state index contributed by atoms with van der Waals surface area (Å²) in [6.45, 7) is 0.308. The number of methoxy groups -OCH3 is 3. The summed E-state index contributed by atoms with van der Waals surface area (Å²) in [6, 6.07) is 13.9. The lowest BCUT2D eigenvalue weighted by Crippen LogP contribution is -2.41. The molecule has 3 aromatic rings. The van der Waals surface area contributed by atoms with Gasteiger partial charge in [0.2, 0.25) is 0 Å². The molecule has 174 valence electrons. The summed E-state index contributed by atoms with van der Waals surface area (Å²) in [4.78, 5) is 42.5. The first-order valence-electron chi connectivity index (χ1n) is 10.1. The maximum absolute atomic E-state index is 13.8. The van der Waals surface area contributed by atoms with E-state index < -0.39 is 17.2 Å². The summed E-state index contributed by atoms with van der Waals surface area (Å²) in [5.41, 5.74) is 5.56. The number of benzene rings is 2. The fraction of sp³-hybridized carbons (Fsp3) is 0.261. The van der Waals surface area contributed by atoms with Crippen LogP contribution in [0.25, 0.3) is 0 Å². The molecule has 1 aromatic heterocycles. The molecule has 0 spiro atoms. The Balaban J connectivity index is 2.21. The first kappa shape index (κ1) is 23.6. The number of carbonyl (C=O) groups is 1. The summed E-state index contributed by atoms with van der Waals surface area (Å²) in [5, 5.41) is 0. The van der Waals surface area contributed by atoms with Gasteiger partial charge in [-0.25, -0.2) is 4.79 Å². The van der Waals surface area contributed by atoms with Crippen LogP contribution in [0.1, 0.15) is 15.9 Å². The maximum Gasteiger partial charge on any atom is 0.330 e. The number of H-pyrrole nitrogens is 1. The Labute approximate surface area is 190 Å². The van der Waals surface area contributed by atoms with Gasteiger partial charge in [0.25, 0.3) is 11.5 Å². The third kappa shape index (κ3) is 5.07. The number of aromatic amines is 1. The Hall–Kier alpha value is -4.05. The highest BCUT2D eigenvalue weighted by Gasteiger charge is 2.28. The van der Waals surface area contributed by atoms with Gasteiger partial charge in [0, 0.05) is 7.11 Å². The largest absolute Gasteiger partial charge is 0.497 e. The number of nitrogens with two attached hydrogens (primary N) is 1. The molecule has 0 saturated heterocycles. The number of ether oxygens (including phenoxy) is 3. The van der Waals surface area contributed by atoms with Crippen molar-refractivity contribution >= 4 is 17.4 Å². The first-order valence-corrected chi connectivity index (χ1v) is 10.1. The molecular formula is C23H26N4O6. The maximum atomic E-state index is 13.8. The third-order valence-corrected chi connectivity index (χ3v) is 5.07. The minimum absolute atomic E-state index is 0.0236. The molecule has 0 radical (unpaired) electrons. The molecule has 0 atom stereocenters. The van der Waals surface area contributed by atoms with E-state index in [9.17, 15) is 14.4 Å². The highest BCUT2D eigenvalue weighted by Crippen LogP contribution is 2.29. The van der Waals surface area contributed by atoms with Crippen molar-refractivity contribution in [2.45, 2.75) is 13.1 Å². The highest BCUT2D eigenvalue weighted by molar-refractivity contribution is 6.09. The van der Waals surface area contributed by atoms with Crippen molar-refractivity contribution in [3.63, 3.8) is 0 Å². The Morgan fingerprint density at radius 2 is 1.79 bits per heavy atom. The molecule has 10 nitrogen and oxygen atoms in total. The minimum atomic E-state index is -0.780. The smallest absolute Gasteiger partial charge is 0.330 e. The number of hydrogen-bond acceptors (Lipinski definition) is 7. The summed E-state index contributed by atoms with van der Waals surface area (Å²) < 4.78 is 16.8. The first-order chi connectivity index (χ1) is 15.9. The van der Waals surface area contributed by atoms with Crippen LogP contribution in [-0.4, -0.2) is 43.4 Å². The van der Waals surface area contributed by atoms with Crippen LogP contribution in [0.2, 0.25) is 0 Å². The molecule has 0 fully saturated rings. The molecule has 2 aromatic carbocycles. The van der Waals surface area contributed by atoms with Crippen LogP contribution in [0.3, 0.4) is 0 Å². The van der Waals surface area contributed by atoms with Crippen LogP contribution in [0.4, 0.5) is 11.5 Å². The van der Waals surface area contributed by atoms with Crippen LogP contribution in [0.5, 0.6) is 11.5 Å². The Morgan fingerprint density at radius 1 is 1.06 bits per heavy atom. The predicted molar refractivity (Wildman–Crippen MR) is 124 cm³/mol. The number of nitrogen functional groups attached to an aromatic ring is 1. The number of carbonyl (C=O) groups excluding carboxylic acids is 1. The summed E-state index contributed by atoms with van der Waals surface area (Å²) in [6.07, 6.45) is 0. The van der Waals surface area contributed by atoms with Crippen molar-refractivity contribution in [2.24, 2.45) is 0 Å². The Morgan fingerprint density at radius 3 is 2.42 bits per heavy atom. The van der Waals surface area contributed by atoms with E-state index in [4.69, 9.17) is 19.9 Å². The lowest BCUT2D eigenvalue weighted by Gasteiger charge is -2.25. The van der Waals surface area contributed by atoms with E-state index in [-0.39, 0.29) is 36.8 Å². The van der Waals surface area contributed by atoms with Crippen LogP contribution in [0.15, 0.2) is 58.1 Å². The Kier molecular flexibility index (Phi) is 7.52. The van der Waals surface area contributed by atoms with E-state index in [0.717, 1.165) is 10.1 Å². The SMILES string of the molecule is COCCn1c(N)c(N(Cc2ccccc2)C(=O)c2cc(OC)ccc2OC)c(=O)[nH]c1=O. The van der Waals surface area contributed by atoms with Gasteiger partial charge in [-0.15, -0.1) is 0 Å². The minimum Gasteiger partial charge on any atom is -0.497 e. The van der Waals surface area contributed by atoms with Crippen LogP contribution in [-0.2, 0) is 17.8 Å². The van der Waals surface area contributed by atoms with Crippen molar-refractivity contribution in [1.82, 2.24) is 9.55 Å². The second-order valence-electron chi connectivity index (χ2n) is 7.08. The fourth-order valence-electron chi connectivity index (χ4n) is 3.39. The average molecular weight is 454 g/mol. The number of nitrogens with zero attached hydrogens (tertiary/aromatic N) is 2. The molecule has 1 heterocycles. The van der Waals surface area contributed by atoms with Crippen LogP contribution in [0, 0.1) is 0 Å². The monoisotopic (exact) mass is 454 g/mol. The van der Waals surface area contributed by atoms with Crippen molar-refractivity contribution < 1.29 is 19.0 Å². The number of hydrogen-bond donors (Lipinski definition) is 2. The summed E-state index contributed by atoms with van der Waals surface area (Å²) in [7, 11) is 4.40. The predicted octanol–water partition coefficient (Wildman–Crippen LogP) is 1.63.